The topological polar surface area (TPSA) is 105 Å². The van der Waals surface area contributed by atoms with E-state index in [4.69, 9.17) is 9.47 Å². The van der Waals surface area contributed by atoms with E-state index < -0.39 is 40.2 Å². The fraction of sp³-hybridized carbons (Fsp3) is 0.286. The average Bonchev–Trinajstić information content (AvgIpc) is 3.46. The van der Waals surface area contributed by atoms with Gasteiger partial charge in [-0.2, -0.15) is 8.42 Å². The van der Waals surface area contributed by atoms with Gasteiger partial charge in [0.05, 0.1) is 6.54 Å². The molecule has 11 heteroatoms. The molecule has 1 N–H and O–H groups in total. The molecule has 9 nitrogen and oxygen atoms in total. The minimum Gasteiger partial charge on any atom is -0.487 e. The van der Waals surface area contributed by atoms with Crippen molar-refractivity contribution in [1.82, 2.24) is 9.62 Å². The first kappa shape index (κ1) is 26.3. The molecular formula is C28H26FN3O6S. The van der Waals surface area contributed by atoms with Crippen LogP contribution >= 0.6 is 0 Å². The van der Waals surface area contributed by atoms with Crippen molar-refractivity contribution in [2.24, 2.45) is 0 Å². The van der Waals surface area contributed by atoms with Gasteiger partial charge >= 0.3 is 16.3 Å². The third kappa shape index (κ3) is 5.47. The molecule has 0 atom stereocenters. The summed E-state index contributed by atoms with van der Waals surface area (Å²) < 4.78 is 55.3. The molecular weight excluding hydrogens is 525 g/mol. The van der Waals surface area contributed by atoms with E-state index >= 15 is 4.39 Å². The summed E-state index contributed by atoms with van der Waals surface area (Å²) in [5, 5.41) is 0.374. The van der Waals surface area contributed by atoms with Gasteiger partial charge in [0, 0.05) is 22.9 Å². The predicted octanol–water partition coefficient (Wildman–Crippen LogP) is 3.97. The maximum Gasteiger partial charge on any atom is 0.410 e. The molecule has 5 rings (SSSR count). The number of anilines is 1. The van der Waals surface area contributed by atoms with Gasteiger partial charge in [-0.05, 0) is 44.0 Å². The van der Waals surface area contributed by atoms with Crippen molar-refractivity contribution in [3.63, 3.8) is 0 Å². The Bertz CT molecular complexity index is 1600. The van der Waals surface area contributed by atoms with Crippen LogP contribution in [0.15, 0.2) is 48.5 Å². The molecule has 2 aliphatic rings. The second-order valence-electron chi connectivity index (χ2n) is 10.2. The molecule has 0 aromatic heterocycles. The number of ether oxygens (including phenoxy) is 2. The summed E-state index contributed by atoms with van der Waals surface area (Å²) in [4.78, 5) is 25.9. The molecule has 2 amide bonds. The number of rotatable bonds is 5. The number of halogens is 1. The molecule has 0 bridgehead atoms. The SMILES string of the molecule is CC(C)(C)OC(=O)N1CC=C(c2c#cc3cc(OCc4ccccc4)c(N4CC(=O)NS4(=O)=O)c(F)c3c2)C1. The summed E-state index contributed by atoms with van der Waals surface area (Å²) in [7, 11) is -4.32. The van der Waals surface area contributed by atoms with E-state index in [2.05, 4.69) is 12.1 Å². The number of hydrogen-bond acceptors (Lipinski definition) is 6. The van der Waals surface area contributed by atoms with Crippen molar-refractivity contribution in [1.29, 1.82) is 0 Å². The van der Waals surface area contributed by atoms with E-state index in [0.29, 0.717) is 21.8 Å². The van der Waals surface area contributed by atoms with Crippen molar-refractivity contribution >= 4 is 44.2 Å². The second kappa shape index (κ2) is 9.78. The first-order chi connectivity index (χ1) is 18.4. The van der Waals surface area contributed by atoms with Crippen LogP contribution in [0.2, 0.25) is 0 Å². The Morgan fingerprint density at radius 1 is 1.13 bits per heavy atom. The van der Waals surface area contributed by atoms with Crippen molar-refractivity contribution in [2.45, 2.75) is 33.0 Å². The molecule has 2 aliphatic heterocycles. The largest absolute Gasteiger partial charge is 0.487 e. The molecule has 1 fully saturated rings. The van der Waals surface area contributed by atoms with Crippen LogP contribution in [0.5, 0.6) is 5.75 Å². The molecule has 202 valence electrons. The van der Waals surface area contributed by atoms with Gasteiger partial charge in [-0.15, -0.1) is 0 Å². The summed E-state index contributed by atoms with van der Waals surface area (Å²) in [6.07, 6.45) is 1.35. The molecule has 0 saturated carbocycles. The lowest BCUT2D eigenvalue weighted by molar-refractivity contribution is -0.117. The zero-order valence-corrected chi connectivity index (χ0v) is 22.4. The fourth-order valence-corrected chi connectivity index (χ4v) is 5.46. The monoisotopic (exact) mass is 551 g/mol. The predicted molar refractivity (Wildman–Crippen MR) is 143 cm³/mol. The van der Waals surface area contributed by atoms with Gasteiger partial charge in [-0.25, -0.2) is 18.2 Å². The van der Waals surface area contributed by atoms with Gasteiger partial charge in [0.1, 0.15) is 30.2 Å². The number of carbonyl (C=O) groups excluding carboxylic acids is 2. The molecule has 39 heavy (non-hydrogen) atoms. The third-order valence-electron chi connectivity index (χ3n) is 6.09. The molecule has 0 unspecified atom stereocenters. The van der Waals surface area contributed by atoms with Crippen LogP contribution in [0.4, 0.5) is 14.9 Å². The maximum absolute atomic E-state index is 16.2. The number of benzene rings is 2. The highest BCUT2D eigenvalue weighted by Crippen LogP contribution is 2.40. The van der Waals surface area contributed by atoms with Crippen molar-refractivity contribution < 1.29 is 31.9 Å². The fourth-order valence-electron chi connectivity index (χ4n) is 4.30. The quantitative estimate of drug-likeness (QED) is 0.515. The lowest BCUT2D eigenvalue weighted by Crippen LogP contribution is -2.35. The Labute approximate surface area is 226 Å². The minimum absolute atomic E-state index is 0.0449. The number of fused-ring (bicyclic) bond motifs is 1. The van der Waals surface area contributed by atoms with Gasteiger partial charge in [0.2, 0.25) is 0 Å². The van der Waals surface area contributed by atoms with Crippen molar-refractivity contribution in [3.8, 4) is 5.75 Å². The first-order valence-electron chi connectivity index (χ1n) is 12.2. The summed E-state index contributed by atoms with van der Waals surface area (Å²) in [6, 6.07) is 18.1. The molecule has 0 spiro atoms. The van der Waals surface area contributed by atoms with Gasteiger partial charge in [0.15, 0.2) is 5.82 Å². The Balaban J connectivity index is 1.51. The zero-order valence-electron chi connectivity index (χ0n) is 21.6. The Kier molecular flexibility index (Phi) is 6.60. The third-order valence-corrected chi connectivity index (χ3v) is 7.47. The molecule has 3 aromatic rings. The van der Waals surface area contributed by atoms with Gasteiger partial charge in [0.25, 0.3) is 5.91 Å². The highest BCUT2D eigenvalue weighted by molar-refractivity contribution is 7.92. The molecule has 3 aromatic carbocycles. The highest BCUT2D eigenvalue weighted by Gasteiger charge is 2.38. The van der Waals surface area contributed by atoms with Crippen molar-refractivity contribution in [2.75, 3.05) is 23.9 Å². The number of amides is 2. The van der Waals surface area contributed by atoms with Crippen LogP contribution in [0.1, 0.15) is 31.9 Å². The van der Waals surface area contributed by atoms with Crippen LogP contribution in [0.25, 0.3) is 16.3 Å². The van der Waals surface area contributed by atoms with Gasteiger partial charge in [-0.1, -0.05) is 48.5 Å². The average molecular weight is 552 g/mol. The smallest absolute Gasteiger partial charge is 0.410 e. The lowest BCUT2D eigenvalue weighted by Gasteiger charge is -2.24. The van der Waals surface area contributed by atoms with E-state index in [1.54, 1.807) is 20.8 Å². The van der Waals surface area contributed by atoms with E-state index in [1.165, 1.54) is 17.0 Å². The Morgan fingerprint density at radius 3 is 2.54 bits per heavy atom. The van der Waals surface area contributed by atoms with Crippen LogP contribution < -0.4 is 13.8 Å². The van der Waals surface area contributed by atoms with E-state index in [0.717, 1.165) is 11.1 Å². The second-order valence-corrected chi connectivity index (χ2v) is 11.8. The van der Waals surface area contributed by atoms with Crippen LogP contribution in [0.3, 0.4) is 0 Å². The summed E-state index contributed by atoms with van der Waals surface area (Å²) in [5.74, 6) is -1.72. The van der Waals surface area contributed by atoms with E-state index in [-0.39, 0.29) is 30.0 Å². The summed E-state index contributed by atoms with van der Waals surface area (Å²) in [6.45, 7) is 5.35. The lowest BCUT2D eigenvalue weighted by atomic mass is 10.0. The molecule has 0 radical (unpaired) electrons. The van der Waals surface area contributed by atoms with Crippen LogP contribution in [-0.2, 0) is 26.3 Å². The zero-order chi connectivity index (χ0) is 27.9. The first-order valence-corrected chi connectivity index (χ1v) is 13.6. The van der Waals surface area contributed by atoms with Crippen LogP contribution in [-0.4, -0.2) is 50.6 Å². The van der Waals surface area contributed by atoms with E-state index in [9.17, 15) is 18.0 Å². The molecule has 2 heterocycles. The van der Waals surface area contributed by atoms with Crippen molar-refractivity contribution in [3.05, 3.63) is 77.6 Å². The molecule has 1 saturated heterocycles. The number of carbonyl (C=O) groups is 2. The summed E-state index contributed by atoms with van der Waals surface area (Å²) in [5.41, 5.74) is 0.980. The normalized spacial score (nSPS) is 16.6. The number of nitrogens with zero attached hydrogens (tertiary/aromatic N) is 2. The Hall–Kier alpha value is -4.30. The number of nitrogens with one attached hydrogen (secondary N) is 1. The Morgan fingerprint density at radius 2 is 1.87 bits per heavy atom. The molecule has 0 aliphatic carbocycles. The van der Waals surface area contributed by atoms with E-state index in [1.807, 2.05) is 41.1 Å². The van der Waals surface area contributed by atoms with Gasteiger partial charge in [-0.3, -0.25) is 4.79 Å². The standard InChI is InChI=1S/C28H26FN3O6S/c1-28(2,3)38-27(34)31-12-11-21(15-31)19-9-10-20-14-23(37-17-18-7-5-4-6-8-18)26(25(29)22(20)13-19)32-16-24(33)30-39(32,35)36/h4-8,11,13-14H,12,15-17H2,1-3H3,(H,30,33). The van der Waals surface area contributed by atoms with Crippen LogP contribution in [0, 0.1) is 17.9 Å². The minimum atomic E-state index is -4.32. The highest BCUT2D eigenvalue weighted by atomic mass is 32.2. The van der Waals surface area contributed by atoms with Gasteiger partial charge < -0.3 is 14.4 Å². The maximum atomic E-state index is 16.2. The number of hydrogen-bond donors (Lipinski definition) is 1. The summed E-state index contributed by atoms with van der Waals surface area (Å²) >= 11 is 0.